The van der Waals surface area contributed by atoms with E-state index in [4.69, 9.17) is 4.52 Å². The van der Waals surface area contributed by atoms with Crippen molar-refractivity contribution in [2.75, 3.05) is 6.54 Å². The molecule has 1 atom stereocenters. The number of amides is 1. The van der Waals surface area contributed by atoms with Crippen LogP contribution >= 0.6 is 11.3 Å². The van der Waals surface area contributed by atoms with Crippen molar-refractivity contribution in [2.24, 2.45) is 0 Å². The number of halogens is 3. The first kappa shape index (κ1) is 20.7. The Balaban J connectivity index is 1.58. The zero-order chi connectivity index (χ0) is 22.6. The number of carbonyl (C=O) groups excluding carboxylic acids is 1. The molecule has 1 fully saturated rings. The molecule has 4 aromatic heterocycles. The van der Waals surface area contributed by atoms with Crippen LogP contribution in [0.1, 0.15) is 52.1 Å². The SMILES string of the molecule is Cc1noc(C)c1[C@@H]1CCCN1C(=O)c1cc2nc(-c3cccs3)cc(C(F)(F)F)n2n1. The van der Waals surface area contributed by atoms with Gasteiger partial charge < -0.3 is 9.42 Å². The van der Waals surface area contributed by atoms with Gasteiger partial charge in [-0.25, -0.2) is 9.50 Å². The number of fused-ring (bicyclic) bond motifs is 1. The van der Waals surface area contributed by atoms with Gasteiger partial charge in [-0.3, -0.25) is 4.79 Å². The lowest BCUT2D eigenvalue weighted by Crippen LogP contribution is -2.31. The van der Waals surface area contributed by atoms with Crippen molar-refractivity contribution in [3.05, 3.63) is 58.1 Å². The fourth-order valence-electron chi connectivity index (χ4n) is 4.25. The Morgan fingerprint density at radius 3 is 2.75 bits per heavy atom. The summed E-state index contributed by atoms with van der Waals surface area (Å²) in [6.07, 6.45) is -3.18. The molecule has 1 amide bonds. The molecule has 0 aromatic carbocycles. The van der Waals surface area contributed by atoms with E-state index in [0.717, 1.165) is 24.5 Å². The molecule has 7 nitrogen and oxygen atoms in total. The summed E-state index contributed by atoms with van der Waals surface area (Å²) < 4.78 is 47.3. The van der Waals surface area contributed by atoms with Gasteiger partial charge in [0.2, 0.25) is 0 Å². The second-order valence-electron chi connectivity index (χ2n) is 7.70. The molecule has 0 aliphatic carbocycles. The van der Waals surface area contributed by atoms with Crippen molar-refractivity contribution >= 4 is 22.9 Å². The van der Waals surface area contributed by atoms with E-state index in [1.807, 2.05) is 6.92 Å². The maximum atomic E-state index is 13.8. The van der Waals surface area contributed by atoms with Crippen molar-refractivity contribution in [1.82, 2.24) is 24.7 Å². The van der Waals surface area contributed by atoms with Crippen LogP contribution in [0.15, 0.2) is 34.2 Å². The zero-order valence-electron chi connectivity index (χ0n) is 17.2. The predicted octanol–water partition coefficient (Wildman–Crippen LogP) is 5.06. The lowest BCUT2D eigenvalue weighted by Gasteiger charge is -2.23. The van der Waals surface area contributed by atoms with Crippen LogP contribution in [0.3, 0.4) is 0 Å². The number of alkyl halides is 3. The summed E-state index contributed by atoms with van der Waals surface area (Å²) >= 11 is 1.29. The number of aryl methyl sites for hydroxylation is 2. The molecule has 0 saturated carbocycles. The van der Waals surface area contributed by atoms with Crippen molar-refractivity contribution < 1.29 is 22.5 Å². The molecule has 5 heterocycles. The number of likely N-dealkylation sites (tertiary alicyclic amines) is 1. The molecule has 32 heavy (non-hydrogen) atoms. The monoisotopic (exact) mass is 461 g/mol. The minimum Gasteiger partial charge on any atom is -0.361 e. The molecule has 0 bridgehead atoms. The molecular weight excluding hydrogens is 443 g/mol. The lowest BCUT2D eigenvalue weighted by molar-refractivity contribution is -0.142. The van der Waals surface area contributed by atoms with E-state index in [0.29, 0.717) is 27.4 Å². The fraction of sp³-hybridized carbons (Fsp3) is 0.333. The number of aromatic nitrogens is 4. The third-order valence-electron chi connectivity index (χ3n) is 5.65. The van der Waals surface area contributed by atoms with Gasteiger partial charge in [0.25, 0.3) is 5.91 Å². The highest BCUT2D eigenvalue weighted by atomic mass is 32.1. The van der Waals surface area contributed by atoms with Gasteiger partial charge in [0, 0.05) is 18.2 Å². The van der Waals surface area contributed by atoms with Crippen LogP contribution in [0, 0.1) is 13.8 Å². The molecule has 0 N–H and O–H groups in total. The average Bonchev–Trinajstić information content (AvgIpc) is 3.52. The topological polar surface area (TPSA) is 76.5 Å². The highest BCUT2D eigenvalue weighted by molar-refractivity contribution is 7.13. The standard InChI is InChI=1S/C21H18F3N5O2S/c1-11-19(12(2)31-27-11)15-5-3-7-28(15)20(30)14-10-18-25-13(16-6-4-8-32-16)9-17(21(22,23)24)29(18)26-14/h4,6,8-10,15H,3,5,7H2,1-2H3/t15-/m0/s1. The van der Waals surface area contributed by atoms with Crippen LogP contribution in [-0.4, -0.2) is 37.1 Å². The van der Waals surface area contributed by atoms with Crippen LogP contribution in [0.2, 0.25) is 0 Å². The molecule has 11 heteroatoms. The second-order valence-corrected chi connectivity index (χ2v) is 8.64. The summed E-state index contributed by atoms with van der Waals surface area (Å²) in [5.41, 5.74) is 0.643. The van der Waals surface area contributed by atoms with Crippen LogP contribution < -0.4 is 0 Å². The van der Waals surface area contributed by atoms with E-state index in [-0.39, 0.29) is 23.1 Å². The Labute approximate surface area is 184 Å². The van der Waals surface area contributed by atoms with Crippen LogP contribution in [0.4, 0.5) is 13.2 Å². The highest BCUT2D eigenvalue weighted by Crippen LogP contribution is 2.37. The molecular formula is C21H18F3N5O2S. The summed E-state index contributed by atoms with van der Waals surface area (Å²) in [4.78, 5) is 19.9. The van der Waals surface area contributed by atoms with Gasteiger partial charge >= 0.3 is 6.18 Å². The smallest absolute Gasteiger partial charge is 0.361 e. The Bertz CT molecular complexity index is 1290. The van der Waals surface area contributed by atoms with Crippen LogP contribution in [0.25, 0.3) is 16.2 Å². The normalized spacial score (nSPS) is 16.9. The van der Waals surface area contributed by atoms with Gasteiger partial charge in [-0.05, 0) is 44.2 Å². The van der Waals surface area contributed by atoms with Crippen LogP contribution in [0.5, 0.6) is 0 Å². The summed E-state index contributed by atoms with van der Waals surface area (Å²) in [5, 5.41) is 9.75. The molecule has 0 radical (unpaired) electrons. The third-order valence-corrected chi connectivity index (χ3v) is 6.54. The van der Waals surface area contributed by atoms with Gasteiger partial charge in [0.05, 0.1) is 22.3 Å². The number of nitrogens with zero attached hydrogens (tertiary/aromatic N) is 5. The molecule has 0 spiro atoms. The Morgan fingerprint density at radius 2 is 2.09 bits per heavy atom. The predicted molar refractivity (Wildman–Crippen MR) is 110 cm³/mol. The van der Waals surface area contributed by atoms with E-state index >= 15 is 0 Å². The summed E-state index contributed by atoms with van der Waals surface area (Å²) in [5.74, 6) is 0.188. The van der Waals surface area contributed by atoms with Crippen molar-refractivity contribution in [3.8, 4) is 10.6 Å². The van der Waals surface area contributed by atoms with Gasteiger partial charge in [-0.2, -0.15) is 18.3 Å². The minimum absolute atomic E-state index is 0.0281. The number of hydrogen-bond donors (Lipinski definition) is 0. The van der Waals surface area contributed by atoms with Crippen molar-refractivity contribution in [2.45, 2.75) is 38.9 Å². The third kappa shape index (κ3) is 3.36. The highest BCUT2D eigenvalue weighted by Gasteiger charge is 2.38. The largest absolute Gasteiger partial charge is 0.433 e. The molecule has 166 valence electrons. The van der Waals surface area contributed by atoms with Gasteiger partial charge in [-0.1, -0.05) is 11.2 Å². The number of rotatable bonds is 3. The van der Waals surface area contributed by atoms with Gasteiger partial charge in [-0.15, -0.1) is 11.3 Å². The summed E-state index contributed by atoms with van der Waals surface area (Å²) in [7, 11) is 0. The van der Waals surface area contributed by atoms with Crippen molar-refractivity contribution in [1.29, 1.82) is 0 Å². The van der Waals surface area contributed by atoms with E-state index in [1.165, 1.54) is 17.4 Å². The Kier molecular flexibility index (Phi) is 4.81. The van der Waals surface area contributed by atoms with E-state index < -0.39 is 17.8 Å². The molecule has 4 aromatic rings. The first-order valence-electron chi connectivity index (χ1n) is 9.99. The average molecular weight is 461 g/mol. The number of carbonyl (C=O) groups is 1. The first-order valence-corrected chi connectivity index (χ1v) is 10.9. The summed E-state index contributed by atoms with van der Waals surface area (Å²) in [6, 6.07) is 5.47. The van der Waals surface area contributed by atoms with Gasteiger partial charge in [0.15, 0.2) is 17.0 Å². The maximum Gasteiger partial charge on any atom is 0.433 e. The number of thiophene rings is 1. The van der Waals surface area contributed by atoms with Crippen LogP contribution in [-0.2, 0) is 6.18 Å². The van der Waals surface area contributed by atoms with E-state index in [9.17, 15) is 18.0 Å². The molecule has 1 aliphatic heterocycles. The molecule has 1 aliphatic rings. The van der Waals surface area contributed by atoms with Crippen molar-refractivity contribution in [3.63, 3.8) is 0 Å². The van der Waals surface area contributed by atoms with Gasteiger partial charge in [0.1, 0.15) is 5.76 Å². The quantitative estimate of drug-likeness (QED) is 0.426. The zero-order valence-corrected chi connectivity index (χ0v) is 18.0. The number of hydrogen-bond acceptors (Lipinski definition) is 6. The molecule has 1 saturated heterocycles. The Morgan fingerprint density at radius 1 is 1.28 bits per heavy atom. The maximum absolute atomic E-state index is 13.8. The fourth-order valence-corrected chi connectivity index (χ4v) is 4.94. The lowest BCUT2D eigenvalue weighted by atomic mass is 10.0. The second kappa shape index (κ2) is 7.44. The van der Waals surface area contributed by atoms with E-state index in [2.05, 4.69) is 15.2 Å². The Hall–Kier alpha value is -3.21. The summed E-state index contributed by atoms with van der Waals surface area (Å²) in [6.45, 7) is 4.07. The first-order chi connectivity index (χ1) is 15.2. The minimum atomic E-state index is -4.66. The van der Waals surface area contributed by atoms with E-state index in [1.54, 1.807) is 29.3 Å². The molecule has 0 unspecified atom stereocenters. The molecule has 5 rings (SSSR count).